The molecule has 3 rings (SSSR count). The molecule has 32 heavy (non-hydrogen) atoms. The fourth-order valence-electron chi connectivity index (χ4n) is 3.16. The Balaban J connectivity index is 1.51. The van der Waals surface area contributed by atoms with Crippen LogP contribution in [0.25, 0.3) is 6.08 Å². The highest BCUT2D eigenvalue weighted by Crippen LogP contribution is 2.17. The fraction of sp³-hybridized carbons (Fsp3) is 0.240. The predicted octanol–water partition coefficient (Wildman–Crippen LogP) is 4.38. The summed E-state index contributed by atoms with van der Waals surface area (Å²) in [5.74, 6) is -0.961. The summed E-state index contributed by atoms with van der Waals surface area (Å²) in [5.41, 5.74) is 5.90. The van der Waals surface area contributed by atoms with Crippen LogP contribution >= 0.6 is 11.6 Å². The van der Waals surface area contributed by atoms with Gasteiger partial charge in [-0.25, -0.2) is 4.79 Å². The second-order valence-electron chi connectivity index (χ2n) is 7.57. The van der Waals surface area contributed by atoms with E-state index in [0.29, 0.717) is 18.1 Å². The van der Waals surface area contributed by atoms with Gasteiger partial charge >= 0.3 is 5.97 Å². The molecule has 0 saturated heterocycles. The lowest BCUT2D eigenvalue weighted by Gasteiger charge is -2.06. The van der Waals surface area contributed by atoms with E-state index in [4.69, 9.17) is 16.3 Å². The number of hydrogen-bond acceptors (Lipinski definition) is 4. The van der Waals surface area contributed by atoms with Crippen LogP contribution in [0, 0.1) is 20.8 Å². The second-order valence-corrected chi connectivity index (χ2v) is 8.01. The largest absolute Gasteiger partial charge is 0.452 e. The second kappa shape index (κ2) is 10.8. The summed E-state index contributed by atoms with van der Waals surface area (Å²) in [6.07, 6.45) is 3.00. The number of halogens is 1. The SMILES string of the molecule is Cc1ccc(Cn2nc(C)c(/C=C/C(=O)OCC(=O)NCc3ccc(Cl)cc3)c2C)cc1. The van der Waals surface area contributed by atoms with Crippen molar-refractivity contribution in [2.75, 3.05) is 6.61 Å². The van der Waals surface area contributed by atoms with Crippen LogP contribution in [0.2, 0.25) is 5.02 Å². The Kier molecular flexibility index (Phi) is 7.84. The van der Waals surface area contributed by atoms with Crippen molar-refractivity contribution in [3.8, 4) is 0 Å². The van der Waals surface area contributed by atoms with E-state index in [9.17, 15) is 9.59 Å². The minimum Gasteiger partial charge on any atom is -0.452 e. The van der Waals surface area contributed by atoms with Gasteiger partial charge in [0.2, 0.25) is 0 Å². The topological polar surface area (TPSA) is 73.2 Å². The van der Waals surface area contributed by atoms with E-state index in [1.807, 2.05) is 30.7 Å². The molecule has 0 aliphatic rings. The molecule has 0 aliphatic heterocycles. The lowest BCUT2D eigenvalue weighted by molar-refractivity contribution is -0.143. The molecule has 0 spiro atoms. The van der Waals surface area contributed by atoms with Gasteiger partial charge in [-0.3, -0.25) is 9.48 Å². The summed E-state index contributed by atoms with van der Waals surface area (Å²) in [4.78, 5) is 24.0. The third-order valence-corrected chi connectivity index (χ3v) is 5.28. The van der Waals surface area contributed by atoms with Gasteiger partial charge in [0, 0.05) is 28.9 Å². The van der Waals surface area contributed by atoms with Gasteiger partial charge in [-0.15, -0.1) is 0 Å². The molecule has 0 radical (unpaired) electrons. The number of aromatic nitrogens is 2. The summed E-state index contributed by atoms with van der Waals surface area (Å²) in [6.45, 7) is 6.55. The highest BCUT2D eigenvalue weighted by Gasteiger charge is 2.11. The van der Waals surface area contributed by atoms with Gasteiger partial charge in [-0.05, 0) is 50.1 Å². The number of ether oxygens (including phenoxy) is 1. The number of rotatable bonds is 8. The monoisotopic (exact) mass is 451 g/mol. The van der Waals surface area contributed by atoms with E-state index in [0.717, 1.165) is 28.1 Å². The molecule has 1 heterocycles. The molecule has 1 N–H and O–H groups in total. The zero-order valence-corrected chi connectivity index (χ0v) is 19.1. The van der Waals surface area contributed by atoms with E-state index < -0.39 is 5.97 Å². The molecule has 0 atom stereocenters. The molecule has 166 valence electrons. The van der Waals surface area contributed by atoms with E-state index in [1.54, 1.807) is 18.2 Å². The molecule has 2 aromatic carbocycles. The van der Waals surface area contributed by atoms with E-state index >= 15 is 0 Å². The van der Waals surface area contributed by atoms with Crippen LogP contribution in [0.1, 0.15) is 33.6 Å². The Bertz CT molecular complexity index is 1120. The van der Waals surface area contributed by atoms with Gasteiger partial charge in [0.15, 0.2) is 6.61 Å². The molecule has 7 heteroatoms. The number of carbonyl (C=O) groups excluding carboxylic acids is 2. The summed E-state index contributed by atoms with van der Waals surface area (Å²) < 4.78 is 6.95. The highest BCUT2D eigenvalue weighted by molar-refractivity contribution is 6.30. The Morgan fingerprint density at radius 2 is 1.69 bits per heavy atom. The van der Waals surface area contributed by atoms with Crippen molar-refractivity contribution >= 4 is 29.6 Å². The van der Waals surface area contributed by atoms with Crippen molar-refractivity contribution in [1.29, 1.82) is 0 Å². The van der Waals surface area contributed by atoms with Crippen LogP contribution in [0.5, 0.6) is 0 Å². The van der Waals surface area contributed by atoms with Gasteiger partial charge in [-0.1, -0.05) is 53.6 Å². The quantitative estimate of drug-likeness (QED) is 0.407. The van der Waals surface area contributed by atoms with Crippen molar-refractivity contribution in [3.63, 3.8) is 0 Å². The summed E-state index contributed by atoms with van der Waals surface area (Å²) >= 11 is 5.84. The molecule has 0 saturated carbocycles. The normalized spacial score (nSPS) is 11.0. The molecule has 0 aliphatic carbocycles. The third-order valence-electron chi connectivity index (χ3n) is 5.02. The van der Waals surface area contributed by atoms with E-state index in [1.165, 1.54) is 11.6 Å². The van der Waals surface area contributed by atoms with Crippen LogP contribution in [-0.2, 0) is 27.4 Å². The van der Waals surface area contributed by atoms with E-state index in [-0.39, 0.29) is 12.5 Å². The Labute approximate surface area is 192 Å². The smallest absolute Gasteiger partial charge is 0.331 e. The minimum atomic E-state index is -0.586. The first-order chi connectivity index (χ1) is 15.3. The molecule has 6 nitrogen and oxygen atoms in total. The van der Waals surface area contributed by atoms with E-state index in [2.05, 4.69) is 41.6 Å². The van der Waals surface area contributed by atoms with Crippen LogP contribution in [0.15, 0.2) is 54.6 Å². The lowest BCUT2D eigenvalue weighted by atomic mass is 10.1. The van der Waals surface area contributed by atoms with Crippen LogP contribution in [0.4, 0.5) is 0 Å². The number of hydrogen-bond donors (Lipinski definition) is 1. The molecule has 1 aromatic heterocycles. The third kappa shape index (κ3) is 6.56. The molecule has 0 fully saturated rings. The van der Waals surface area contributed by atoms with Gasteiger partial charge in [0.05, 0.1) is 12.2 Å². The number of nitrogens with one attached hydrogen (secondary N) is 1. The summed E-state index contributed by atoms with van der Waals surface area (Å²) in [6, 6.07) is 15.4. The molecule has 0 bridgehead atoms. The van der Waals surface area contributed by atoms with Crippen molar-refractivity contribution in [3.05, 3.63) is 93.3 Å². The number of carbonyl (C=O) groups is 2. The van der Waals surface area contributed by atoms with Crippen molar-refractivity contribution < 1.29 is 14.3 Å². The average Bonchev–Trinajstić information content (AvgIpc) is 3.04. The van der Waals surface area contributed by atoms with Crippen LogP contribution in [-0.4, -0.2) is 28.3 Å². The van der Waals surface area contributed by atoms with Crippen LogP contribution < -0.4 is 5.32 Å². The lowest BCUT2D eigenvalue weighted by Crippen LogP contribution is -2.28. The maximum absolute atomic E-state index is 12.1. The predicted molar refractivity (Wildman–Crippen MR) is 125 cm³/mol. The zero-order chi connectivity index (χ0) is 23.1. The minimum absolute atomic E-state index is 0.335. The molecule has 1 amide bonds. The number of benzene rings is 2. The number of nitrogens with zero attached hydrogens (tertiary/aromatic N) is 2. The van der Waals surface area contributed by atoms with Crippen LogP contribution in [0.3, 0.4) is 0 Å². The maximum Gasteiger partial charge on any atom is 0.331 e. The molecule has 3 aromatic rings. The Morgan fingerprint density at radius 1 is 1.03 bits per heavy atom. The molecular weight excluding hydrogens is 426 g/mol. The Hall–Kier alpha value is -3.38. The first-order valence-electron chi connectivity index (χ1n) is 10.3. The standard InChI is InChI=1S/C25H26ClN3O3/c1-17-4-6-21(7-5-17)15-29-19(3)23(18(2)28-29)12-13-25(31)32-16-24(30)27-14-20-8-10-22(26)11-9-20/h4-13H,14-16H2,1-3H3,(H,27,30)/b13-12+. The number of amides is 1. The fourth-order valence-corrected chi connectivity index (χ4v) is 3.29. The molecular formula is C25H26ClN3O3. The number of aryl methyl sites for hydroxylation is 2. The first kappa shape index (κ1) is 23.3. The van der Waals surface area contributed by atoms with Crippen molar-refractivity contribution in [2.24, 2.45) is 0 Å². The first-order valence-corrected chi connectivity index (χ1v) is 10.6. The number of esters is 1. The highest BCUT2D eigenvalue weighted by atomic mass is 35.5. The van der Waals surface area contributed by atoms with Crippen molar-refractivity contribution in [2.45, 2.75) is 33.9 Å². The molecule has 0 unspecified atom stereocenters. The van der Waals surface area contributed by atoms with Crippen molar-refractivity contribution in [1.82, 2.24) is 15.1 Å². The maximum atomic E-state index is 12.1. The summed E-state index contributed by atoms with van der Waals surface area (Å²) in [7, 11) is 0. The summed E-state index contributed by atoms with van der Waals surface area (Å²) in [5, 5.41) is 7.91. The van der Waals surface area contributed by atoms with Gasteiger partial charge in [0.1, 0.15) is 0 Å². The Morgan fingerprint density at radius 3 is 2.38 bits per heavy atom. The van der Waals surface area contributed by atoms with Gasteiger partial charge in [0.25, 0.3) is 5.91 Å². The average molecular weight is 452 g/mol. The van der Waals surface area contributed by atoms with Gasteiger partial charge < -0.3 is 10.1 Å². The zero-order valence-electron chi connectivity index (χ0n) is 18.4. The van der Waals surface area contributed by atoms with Gasteiger partial charge in [-0.2, -0.15) is 5.10 Å².